The van der Waals surface area contributed by atoms with Crippen molar-refractivity contribution in [2.24, 2.45) is 5.92 Å². The molecule has 0 spiro atoms. The molecule has 3 N–H and O–H groups in total. The van der Waals surface area contributed by atoms with Gasteiger partial charge in [0.05, 0.1) is 18.3 Å². The zero-order valence-electron chi connectivity index (χ0n) is 31.2. The molecule has 276 valence electrons. The Kier molecular flexibility index (Phi) is 11.1. The SMILES string of the molecule is CSc1cc(C)[nH]c(=O)c1CNC(=O)c1cc(-c2ccc(N3CC(C)O[C@H](C)C3)nc2)c2c(c1C)OC(C)(C1CCC(N(C)C[C@H](C)O)CC1)O2. The lowest BCUT2D eigenvalue weighted by atomic mass is 9.81. The van der Waals surface area contributed by atoms with Gasteiger partial charge in [0.15, 0.2) is 11.5 Å². The highest BCUT2D eigenvalue weighted by Gasteiger charge is 2.48. The predicted octanol–water partition coefficient (Wildman–Crippen LogP) is 5.68. The number of aliphatic hydroxyl groups excluding tert-OH is 1. The van der Waals surface area contributed by atoms with Gasteiger partial charge in [-0.05, 0) is 97.9 Å². The van der Waals surface area contributed by atoms with Crippen LogP contribution in [0.5, 0.6) is 11.5 Å². The van der Waals surface area contributed by atoms with Crippen LogP contribution in [0.1, 0.15) is 80.6 Å². The van der Waals surface area contributed by atoms with Crippen LogP contribution in [0.15, 0.2) is 40.2 Å². The molecule has 2 aromatic heterocycles. The molecule has 1 aliphatic carbocycles. The minimum Gasteiger partial charge on any atom is -0.448 e. The maximum atomic E-state index is 14.0. The molecule has 4 heterocycles. The maximum Gasteiger partial charge on any atom is 0.254 e. The summed E-state index contributed by atoms with van der Waals surface area (Å²) in [5.41, 5.74) is 3.77. The van der Waals surface area contributed by atoms with Crippen LogP contribution in [0.25, 0.3) is 11.1 Å². The number of pyridine rings is 2. The maximum absolute atomic E-state index is 14.0. The number of nitrogens with one attached hydrogen (secondary N) is 2. The fraction of sp³-hybridized carbons (Fsp3) is 0.564. The Morgan fingerprint density at radius 3 is 2.45 bits per heavy atom. The second kappa shape index (κ2) is 15.2. The third-order valence-electron chi connectivity index (χ3n) is 10.6. The molecule has 0 radical (unpaired) electrons. The van der Waals surface area contributed by atoms with Crippen molar-refractivity contribution in [2.75, 3.05) is 37.8 Å². The number of fused-ring (bicyclic) bond motifs is 1. The number of amides is 1. The zero-order valence-corrected chi connectivity index (χ0v) is 32.0. The van der Waals surface area contributed by atoms with Gasteiger partial charge in [-0.1, -0.05) is 0 Å². The first-order valence-corrected chi connectivity index (χ1v) is 19.3. The second-order valence-corrected chi connectivity index (χ2v) is 15.7. The van der Waals surface area contributed by atoms with Gasteiger partial charge in [-0.15, -0.1) is 11.8 Å². The monoisotopic (exact) mass is 719 g/mol. The summed E-state index contributed by atoms with van der Waals surface area (Å²) in [6, 6.07) is 8.22. The van der Waals surface area contributed by atoms with Crippen molar-refractivity contribution < 1.29 is 24.1 Å². The number of ether oxygens (including phenoxy) is 3. The molecule has 1 amide bonds. The fourth-order valence-corrected chi connectivity index (χ4v) is 8.71. The minimum absolute atomic E-state index is 0.0882. The number of carbonyl (C=O) groups excluding carboxylic acids is 1. The number of nitrogens with zero attached hydrogens (tertiary/aromatic N) is 3. The molecule has 2 fully saturated rings. The third kappa shape index (κ3) is 7.94. The lowest BCUT2D eigenvalue weighted by Crippen LogP contribution is -2.47. The van der Waals surface area contributed by atoms with Crippen LogP contribution < -0.4 is 25.2 Å². The fourth-order valence-electron chi connectivity index (χ4n) is 8.00. The molecule has 1 aromatic carbocycles. The lowest BCUT2D eigenvalue weighted by molar-refractivity contribution is -0.124. The number of aliphatic hydroxyl groups is 1. The average molecular weight is 720 g/mol. The molecule has 2 aliphatic heterocycles. The van der Waals surface area contributed by atoms with Crippen LogP contribution in [-0.4, -0.2) is 89.0 Å². The van der Waals surface area contributed by atoms with E-state index in [2.05, 4.69) is 41.0 Å². The van der Waals surface area contributed by atoms with Gasteiger partial charge in [0.2, 0.25) is 0 Å². The molecule has 2 unspecified atom stereocenters. The molecule has 4 atom stereocenters. The van der Waals surface area contributed by atoms with E-state index >= 15 is 0 Å². The first kappa shape index (κ1) is 37.2. The van der Waals surface area contributed by atoms with Gasteiger partial charge in [-0.2, -0.15) is 0 Å². The van der Waals surface area contributed by atoms with Gasteiger partial charge in [-0.25, -0.2) is 4.98 Å². The summed E-state index contributed by atoms with van der Waals surface area (Å²) < 4.78 is 19.6. The average Bonchev–Trinajstić information content (AvgIpc) is 3.46. The quantitative estimate of drug-likeness (QED) is 0.225. The molecule has 3 aliphatic rings. The highest BCUT2D eigenvalue weighted by atomic mass is 32.2. The van der Waals surface area contributed by atoms with Crippen molar-refractivity contribution >= 4 is 23.5 Å². The third-order valence-corrected chi connectivity index (χ3v) is 11.4. The Balaban J connectivity index is 1.31. The summed E-state index contributed by atoms with van der Waals surface area (Å²) in [6.07, 6.45) is 7.39. The predicted molar refractivity (Wildman–Crippen MR) is 201 cm³/mol. The Hall–Kier alpha value is -3.58. The number of hydrogen-bond donors (Lipinski definition) is 3. The van der Waals surface area contributed by atoms with Crippen molar-refractivity contribution in [3.63, 3.8) is 0 Å². The van der Waals surface area contributed by atoms with Gasteiger partial charge < -0.3 is 39.4 Å². The van der Waals surface area contributed by atoms with Crippen LogP contribution >= 0.6 is 11.8 Å². The summed E-state index contributed by atoms with van der Waals surface area (Å²) in [4.78, 5) is 39.9. The van der Waals surface area contributed by atoms with E-state index in [0.717, 1.165) is 66.3 Å². The highest BCUT2D eigenvalue weighted by Crippen LogP contribution is 2.53. The number of likely N-dealkylation sites (N-methyl/N-ethyl adjacent to an activating group) is 1. The standard InChI is InChI=1S/C39H53N5O6S/c1-22-15-33(51-8)32(38(47)42-22)18-41-37(46)30-16-31(27-9-14-34(40-17-27)44-20-24(3)48-25(4)21-44)36-35(26(30)5)49-39(6,50-36)28-10-12-29(13-11-28)43(7)19-23(2)45/h9,14-17,23-25,28-29,45H,10-13,18-21H2,1-8H3,(H,41,46)(H,42,47)/t23-,24+,25?,28?,29?,39?/m0/s1. The van der Waals surface area contributed by atoms with Crippen LogP contribution in [0.3, 0.4) is 0 Å². The smallest absolute Gasteiger partial charge is 0.254 e. The van der Waals surface area contributed by atoms with E-state index in [-0.39, 0.29) is 42.2 Å². The number of aromatic amines is 1. The summed E-state index contributed by atoms with van der Waals surface area (Å²) in [7, 11) is 2.08. The molecule has 1 saturated heterocycles. The van der Waals surface area contributed by atoms with Gasteiger partial charge in [0, 0.05) is 89.7 Å². The number of rotatable bonds is 10. The Morgan fingerprint density at radius 1 is 1.14 bits per heavy atom. The van der Waals surface area contributed by atoms with Crippen molar-refractivity contribution in [2.45, 2.75) is 109 Å². The topological polar surface area (TPSA) is 129 Å². The number of aryl methyl sites for hydroxylation is 1. The normalized spacial score (nSPS) is 25.3. The van der Waals surface area contributed by atoms with Gasteiger partial charge >= 0.3 is 0 Å². The Morgan fingerprint density at radius 2 is 1.82 bits per heavy atom. The summed E-state index contributed by atoms with van der Waals surface area (Å²) >= 11 is 1.48. The minimum atomic E-state index is -0.916. The molecule has 0 bridgehead atoms. The van der Waals surface area contributed by atoms with Gasteiger partial charge in [-0.3, -0.25) is 9.59 Å². The molecule has 12 heteroatoms. The number of H-pyrrole nitrogens is 1. The van der Waals surface area contributed by atoms with E-state index in [1.54, 1.807) is 0 Å². The first-order valence-electron chi connectivity index (χ1n) is 18.1. The molecular formula is C39H53N5O6S. The zero-order chi connectivity index (χ0) is 36.6. The van der Waals surface area contributed by atoms with Crippen LogP contribution in [0.4, 0.5) is 5.82 Å². The van der Waals surface area contributed by atoms with Crippen LogP contribution in [-0.2, 0) is 11.3 Å². The molecule has 11 nitrogen and oxygen atoms in total. The van der Waals surface area contributed by atoms with E-state index in [0.29, 0.717) is 40.8 Å². The number of carbonyl (C=O) groups is 1. The van der Waals surface area contributed by atoms with Crippen molar-refractivity contribution in [3.8, 4) is 22.6 Å². The largest absolute Gasteiger partial charge is 0.448 e. The number of anilines is 1. The first-order chi connectivity index (χ1) is 24.3. The second-order valence-electron chi connectivity index (χ2n) is 14.8. The molecule has 51 heavy (non-hydrogen) atoms. The number of benzene rings is 1. The number of hydrogen-bond acceptors (Lipinski definition) is 10. The van der Waals surface area contributed by atoms with E-state index in [1.165, 1.54) is 11.8 Å². The van der Waals surface area contributed by atoms with Gasteiger partial charge in [0.1, 0.15) is 5.82 Å². The van der Waals surface area contributed by atoms with Crippen molar-refractivity contribution in [1.82, 2.24) is 20.2 Å². The van der Waals surface area contributed by atoms with Crippen LogP contribution in [0, 0.1) is 19.8 Å². The number of morpholine rings is 1. The van der Waals surface area contributed by atoms with Crippen molar-refractivity contribution in [3.05, 3.63) is 63.2 Å². The van der Waals surface area contributed by atoms with Gasteiger partial charge in [0.25, 0.3) is 17.3 Å². The molecule has 1 saturated carbocycles. The van der Waals surface area contributed by atoms with Crippen LogP contribution in [0.2, 0.25) is 0 Å². The summed E-state index contributed by atoms with van der Waals surface area (Å²) in [5, 5.41) is 12.9. The summed E-state index contributed by atoms with van der Waals surface area (Å²) in [5.74, 6) is 0.961. The van der Waals surface area contributed by atoms with E-state index in [1.807, 2.05) is 64.4 Å². The number of thioether (sulfide) groups is 1. The highest BCUT2D eigenvalue weighted by molar-refractivity contribution is 7.98. The lowest BCUT2D eigenvalue weighted by Gasteiger charge is -2.40. The molecule has 6 rings (SSSR count). The Bertz CT molecular complexity index is 1780. The van der Waals surface area contributed by atoms with Crippen molar-refractivity contribution in [1.29, 1.82) is 0 Å². The molecular weight excluding hydrogens is 667 g/mol. The Labute approximate surface area is 305 Å². The number of aromatic nitrogens is 2. The van der Waals surface area contributed by atoms with E-state index in [9.17, 15) is 14.7 Å². The van der Waals surface area contributed by atoms with E-state index < -0.39 is 5.79 Å². The molecule has 3 aromatic rings. The summed E-state index contributed by atoms with van der Waals surface area (Å²) in [6.45, 7) is 14.0. The van der Waals surface area contributed by atoms with E-state index in [4.69, 9.17) is 19.2 Å².